The molecule has 90 valence electrons. The number of amides is 1. The van der Waals surface area contributed by atoms with Crippen molar-refractivity contribution < 1.29 is 14.3 Å². The van der Waals surface area contributed by atoms with Crippen LogP contribution in [0.3, 0.4) is 0 Å². The Morgan fingerprint density at radius 1 is 1.29 bits per heavy atom. The molecule has 0 radical (unpaired) electrons. The Bertz CT molecular complexity index is 438. The molecular formula is C13H15NO3. The van der Waals surface area contributed by atoms with Gasteiger partial charge in [0, 0.05) is 18.7 Å². The summed E-state index contributed by atoms with van der Waals surface area (Å²) in [6, 6.07) is 7.78. The molecule has 0 fully saturated rings. The number of benzene rings is 1. The van der Waals surface area contributed by atoms with Crippen LogP contribution in [0.15, 0.2) is 36.4 Å². The maximum atomic E-state index is 11.3. The van der Waals surface area contributed by atoms with E-state index in [1.165, 1.54) is 7.11 Å². The molecule has 0 aromatic heterocycles. The van der Waals surface area contributed by atoms with Crippen LogP contribution in [0.25, 0.3) is 0 Å². The van der Waals surface area contributed by atoms with Gasteiger partial charge < -0.3 is 10.1 Å². The third kappa shape index (κ3) is 4.51. The fraction of sp³-hybridized carbons (Fsp3) is 0.231. The first kappa shape index (κ1) is 13.0. The zero-order chi connectivity index (χ0) is 12.7. The molecule has 1 aromatic rings. The summed E-state index contributed by atoms with van der Waals surface area (Å²) in [5, 5.41) is 2.69. The van der Waals surface area contributed by atoms with Gasteiger partial charge in [0.05, 0.1) is 7.11 Å². The van der Waals surface area contributed by atoms with Gasteiger partial charge in [-0.05, 0) is 18.1 Å². The van der Waals surface area contributed by atoms with Crippen molar-refractivity contribution in [3.8, 4) is 0 Å². The fourth-order valence-corrected chi connectivity index (χ4v) is 1.26. The van der Waals surface area contributed by atoms with E-state index in [1.54, 1.807) is 0 Å². The van der Waals surface area contributed by atoms with Crippen LogP contribution in [0.1, 0.15) is 11.1 Å². The smallest absolute Gasteiger partial charge is 0.330 e. The summed E-state index contributed by atoms with van der Waals surface area (Å²) in [5.74, 6) is -0.866. The normalized spacial score (nSPS) is 10.2. The van der Waals surface area contributed by atoms with Crippen molar-refractivity contribution in [1.29, 1.82) is 0 Å². The van der Waals surface area contributed by atoms with Crippen LogP contribution in [0.2, 0.25) is 0 Å². The number of hydrogen-bond acceptors (Lipinski definition) is 3. The molecule has 1 amide bonds. The van der Waals surface area contributed by atoms with Crippen molar-refractivity contribution in [2.45, 2.75) is 13.5 Å². The van der Waals surface area contributed by atoms with Gasteiger partial charge in [-0.15, -0.1) is 0 Å². The molecule has 0 aliphatic carbocycles. The van der Waals surface area contributed by atoms with Gasteiger partial charge in [-0.2, -0.15) is 0 Å². The zero-order valence-electron chi connectivity index (χ0n) is 9.90. The molecule has 0 bridgehead atoms. The highest BCUT2D eigenvalue weighted by Gasteiger charge is 2.00. The van der Waals surface area contributed by atoms with Crippen LogP contribution in [-0.2, 0) is 20.9 Å². The molecule has 0 unspecified atom stereocenters. The minimum atomic E-state index is -0.545. The number of esters is 1. The van der Waals surface area contributed by atoms with Gasteiger partial charge in [-0.25, -0.2) is 4.79 Å². The molecule has 4 heteroatoms. The van der Waals surface area contributed by atoms with Crippen molar-refractivity contribution in [3.05, 3.63) is 47.5 Å². The lowest BCUT2D eigenvalue weighted by Gasteiger charge is -2.05. The molecule has 0 saturated heterocycles. The lowest BCUT2D eigenvalue weighted by Crippen LogP contribution is -2.21. The lowest BCUT2D eigenvalue weighted by atomic mass is 10.1. The summed E-state index contributed by atoms with van der Waals surface area (Å²) in [5.41, 5.74) is 2.16. The molecule has 0 saturated carbocycles. The predicted octanol–water partition coefficient (Wildman–Crippen LogP) is 1.34. The molecule has 0 atom stereocenters. The van der Waals surface area contributed by atoms with Gasteiger partial charge in [0.1, 0.15) is 0 Å². The van der Waals surface area contributed by atoms with E-state index >= 15 is 0 Å². The second-order valence-corrected chi connectivity index (χ2v) is 3.50. The van der Waals surface area contributed by atoms with Crippen molar-refractivity contribution in [3.63, 3.8) is 0 Å². The topological polar surface area (TPSA) is 55.4 Å². The van der Waals surface area contributed by atoms with E-state index in [0.29, 0.717) is 6.54 Å². The average Bonchev–Trinajstić information content (AvgIpc) is 2.35. The van der Waals surface area contributed by atoms with Gasteiger partial charge in [-0.1, -0.05) is 24.3 Å². The Morgan fingerprint density at radius 2 is 2.00 bits per heavy atom. The number of carbonyl (C=O) groups excluding carboxylic acids is 2. The number of rotatable bonds is 4. The van der Waals surface area contributed by atoms with Crippen LogP contribution in [0, 0.1) is 6.92 Å². The highest BCUT2D eigenvalue weighted by molar-refractivity contribution is 5.94. The molecule has 0 aliphatic heterocycles. The Labute approximate surface area is 100 Å². The third-order valence-electron chi connectivity index (χ3n) is 2.29. The standard InChI is InChI=1S/C13H15NO3/c1-10-5-3-4-6-11(10)9-14-12(15)7-8-13(16)17-2/h3-8H,9H2,1-2H3,(H,14,15)/b8-7+. The summed E-state index contributed by atoms with van der Waals surface area (Å²) in [6.07, 6.45) is 2.25. The quantitative estimate of drug-likeness (QED) is 0.630. The van der Waals surface area contributed by atoms with Crippen molar-refractivity contribution >= 4 is 11.9 Å². The minimum Gasteiger partial charge on any atom is -0.466 e. The van der Waals surface area contributed by atoms with Crippen LogP contribution in [0.5, 0.6) is 0 Å². The van der Waals surface area contributed by atoms with Crippen molar-refractivity contribution in [1.82, 2.24) is 5.32 Å². The molecule has 17 heavy (non-hydrogen) atoms. The minimum absolute atomic E-state index is 0.321. The SMILES string of the molecule is COC(=O)/C=C/C(=O)NCc1ccccc1C. The molecule has 0 heterocycles. The molecular weight excluding hydrogens is 218 g/mol. The number of ether oxygens (including phenoxy) is 1. The second kappa shape index (κ2) is 6.48. The zero-order valence-corrected chi connectivity index (χ0v) is 9.90. The van der Waals surface area contributed by atoms with Gasteiger partial charge in [0.15, 0.2) is 0 Å². The molecule has 1 aromatic carbocycles. The first-order chi connectivity index (χ1) is 8.13. The number of carbonyl (C=O) groups is 2. The first-order valence-electron chi connectivity index (χ1n) is 5.22. The summed E-state index contributed by atoms with van der Waals surface area (Å²) < 4.78 is 4.38. The third-order valence-corrected chi connectivity index (χ3v) is 2.29. The number of hydrogen-bond donors (Lipinski definition) is 1. The number of nitrogens with one attached hydrogen (secondary N) is 1. The molecule has 0 spiro atoms. The molecule has 0 aliphatic rings. The number of aryl methyl sites for hydroxylation is 1. The van der Waals surface area contributed by atoms with Crippen LogP contribution >= 0.6 is 0 Å². The van der Waals surface area contributed by atoms with Gasteiger partial charge in [0.2, 0.25) is 5.91 Å². The Morgan fingerprint density at radius 3 is 2.65 bits per heavy atom. The first-order valence-corrected chi connectivity index (χ1v) is 5.22. The van der Waals surface area contributed by atoms with E-state index in [2.05, 4.69) is 10.1 Å². The summed E-state index contributed by atoms with van der Waals surface area (Å²) >= 11 is 0. The molecule has 1 N–H and O–H groups in total. The maximum absolute atomic E-state index is 11.3. The average molecular weight is 233 g/mol. The van der Waals surface area contributed by atoms with Crippen molar-refractivity contribution in [2.24, 2.45) is 0 Å². The maximum Gasteiger partial charge on any atom is 0.330 e. The van der Waals surface area contributed by atoms with Crippen LogP contribution in [0.4, 0.5) is 0 Å². The highest BCUT2D eigenvalue weighted by atomic mass is 16.5. The highest BCUT2D eigenvalue weighted by Crippen LogP contribution is 2.05. The Kier molecular flexibility index (Phi) is 4.94. The number of methoxy groups -OCH3 is 1. The van der Waals surface area contributed by atoms with E-state index in [9.17, 15) is 9.59 Å². The van der Waals surface area contributed by atoms with Gasteiger partial charge >= 0.3 is 5.97 Å². The van der Waals surface area contributed by atoms with Crippen LogP contribution < -0.4 is 5.32 Å². The fourth-order valence-electron chi connectivity index (χ4n) is 1.26. The summed E-state index contributed by atoms with van der Waals surface area (Å²) in [4.78, 5) is 22.1. The van der Waals surface area contributed by atoms with E-state index < -0.39 is 5.97 Å². The van der Waals surface area contributed by atoms with Crippen molar-refractivity contribution in [2.75, 3.05) is 7.11 Å². The second-order valence-electron chi connectivity index (χ2n) is 3.50. The lowest BCUT2D eigenvalue weighted by molar-refractivity contribution is -0.135. The monoisotopic (exact) mass is 233 g/mol. The summed E-state index contributed by atoms with van der Waals surface area (Å²) in [7, 11) is 1.26. The van der Waals surface area contributed by atoms with E-state index in [1.807, 2.05) is 31.2 Å². The molecule has 1 rings (SSSR count). The summed E-state index contributed by atoms with van der Waals surface area (Å²) in [6.45, 7) is 2.42. The van der Waals surface area contributed by atoms with Gasteiger partial charge in [0.25, 0.3) is 0 Å². The van der Waals surface area contributed by atoms with E-state index in [0.717, 1.165) is 23.3 Å². The predicted molar refractivity (Wildman–Crippen MR) is 64.2 cm³/mol. The molecule has 4 nitrogen and oxygen atoms in total. The van der Waals surface area contributed by atoms with Crippen LogP contribution in [-0.4, -0.2) is 19.0 Å². The largest absolute Gasteiger partial charge is 0.466 e. The Hall–Kier alpha value is -2.10. The Balaban J connectivity index is 2.46. The van der Waals surface area contributed by atoms with E-state index in [-0.39, 0.29) is 5.91 Å². The van der Waals surface area contributed by atoms with E-state index in [4.69, 9.17) is 0 Å². The van der Waals surface area contributed by atoms with Gasteiger partial charge in [-0.3, -0.25) is 4.79 Å².